The molecular formula is C60H50F16IN13O2. The van der Waals surface area contributed by atoms with Gasteiger partial charge in [-0.1, -0.05) is 6.08 Å². The molecule has 0 bridgehead atoms. The molecule has 10 rings (SSSR count). The highest BCUT2D eigenvalue weighted by Gasteiger charge is 2.35. The first-order valence-corrected chi connectivity index (χ1v) is 25.7. The number of nitrogens with two attached hydrogens (primary N) is 1. The second-order valence-corrected chi connectivity index (χ2v) is 19.0. The van der Waals surface area contributed by atoms with Crippen molar-refractivity contribution in [1.29, 1.82) is 0 Å². The van der Waals surface area contributed by atoms with Gasteiger partial charge >= 0.3 is 30.9 Å². The number of nitrogen functional groups attached to an aromatic ring is 1. The number of alkyl halides is 15. The summed E-state index contributed by atoms with van der Waals surface area (Å²) in [7, 11) is 1.58. The maximum atomic E-state index is 12.8. The predicted octanol–water partition coefficient (Wildman–Crippen LogP) is 17.9. The van der Waals surface area contributed by atoms with Crippen LogP contribution in [0.15, 0.2) is 158 Å². The van der Waals surface area contributed by atoms with Gasteiger partial charge in [-0.25, -0.2) is 34.0 Å². The normalized spacial score (nSPS) is 11.8. The average molecular weight is 1420 g/mol. The molecule has 9 aromatic rings. The second-order valence-electron chi connectivity index (χ2n) is 19.0. The van der Waals surface area contributed by atoms with Crippen molar-refractivity contribution in [3.63, 3.8) is 0 Å². The van der Waals surface area contributed by atoms with Gasteiger partial charge in [0.2, 0.25) is 0 Å². The lowest BCUT2D eigenvalue weighted by Crippen LogP contribution is -2.07. The van der Waals surface area contributed by atoms with Crippen LogP contribution in [-0.4, -0.2) is 57.9 Å². The molecule has 0 fully saturated rings. The zero-order chi connectivity index (χ0) is 67.8. The molecule has 0 saturated heterocycles. The van der Waals surface area contributed by atoms with E-state index in [0.717, 1.165) is 78.1 Å². The van der Waals surface area contributed by atoms with Gasteiger partial charge < -0.3 is 34.1 Å². The number of hydrogen-bond acceptors (Lipinski definition) is 9. The summed E-state index contributed by atoms with van der Waals surface area (Å²) in [5, 5.41) is 2.72. The van der Waals surface area contributed by atoms with Crippen molar-refractivity contribution in [2.24, 2.45) is 4.99 Å². The Morgan fingerprint density at radius 2 is 0.859 bits per heavy atom. The lowest BCUT2D eigenvalue weighted by molar-refractivity contribution is -0.138. The standard InChI is InChI=1S/C12H12F3N3.C12H8F3N3.C12H9F3N2O2.C11H10F3N3.C8H3F4N.C5H7N.HI/c2*1-8-6-18(7-17-8)11-4-9(12(13,14)15)3-10(5-11)16-2;1-8-5-17(6-16-8)10-2-9(12(13,14)15)3-11(4-10)19-7-18;1-7-5-17(6-16-7)10-3-8(11(12,13)14)2-9(15)4-10;1-13-7-3-5(8(10,11)12)2-6(9)4-7;1-5-3-2-4-6-5;/h3-7,16H,1-2H3;3-7H,1H3;2-7H,1H3;2-6H,15H2,1H3;2-4H;3-4H,2H2,1H3;1H. The number of aliphatic imine (C=N–C) groups is 1. The molecule has 4 aromatic heterocycles. The number of nitrogens with zero attached hydrogens (tertiary/aromatic N) is 11. The molecule has 0 atom stereocenters. The quantitative estimate of drug-likeness (QED) is 0.0525. The van der Waals surface area contributed by atoms with Crippen molar-refractivity contribution < 1.29 is 79.8 Å². The van der Waals surface area contributed by atoms with Gasteiger partial charge in [-0.05, 0) is 120 Å². The average Bonchev–Trinajstić information content (AvgIpc) is 1.50. The molecule has 5 heterocycles. The molecule has 5 aromatic carbocycles. The van der Waals surface area contributed by atoms with Crippen LogP contribution in [0.1, 0.15) is 63.9 Å². The van der Waals surface area contributed by atoms with Crippen LogP contribution in [0.4, 0.5) is 93.0 Å². The number of rotatable bonds is 7. The van der Waals surface area contributed by atoms with Gasteiger partial charge in [0.15, 0.2) is 11.4 Å². The Morgan fingerprint density at radius 1 is 0.500 bits per heavy atom. The topological polar surface area (TPSA) is 157 Å². The van der Waals surface area contributed by atoms with Crippen LogP contribution in [0, 0.1) is 46.7 Å². The summed E-state index contributed by atoms with van der Waals surface area (Å²) in [4.78, 5) is 35.8. The minimum atomic E-state index is -4.61. The van der Waals surface area contributed by atoms with Crippen LogP contribution in [0.3, 0.4) is 0 Å². The van der Waals surface area contributed by atoms with E-state index in [1.807, 2.05) is 13.1 Å². The number of imidazole rings is 4. The van der Waals surface area contributed by atoms with E-state index < -0.39 is 64.5 Å². The van der Waals surface area contributed by atoms with Crippen LogP contribution < -0.4 is 15.8 Å². The fraction of sp³-hybridized carbons (Fsp3) is 0.200. The highest BCUT2D eigenvalue weighted by atomic mass is 127. The number of carbonyl (C=O) groups is 1. The number of carbonyl (C=O) groups excluding carboxylic acids is 1. The molecule has 32 heteroatoms. The summed E-state index contributed by atoms with van der Waals surface area (Å²) in [5.41, 5.74) is 6.45. The Labute approximate surface area is 530 Å². The summed E-state index contributed by atoms with van der Waals surface area (Å²) in [6.07, 6.45) is -5.10. The van der Waals surface area contributed by atoms with Crippen molar-refractivity contribution >= 4 is 59.4 Å². The molecule has 1 aliphatic rings. The van der Waals surface area contributed by atoms with E-state index in [-0.39, 0.29) is 64.6 Å². The first-order valence-electron chi connectivity index (χ1n) is 25.7. The summed E-state index contributed by atoms with van der Waals surface area (Å²) in [5.74, 6) is -1.23. The van der Waals surface area contributed by atoms with Crippen molar-refractivity contribution in [2.45, 2.75) is 71.9 Å². The van der Waals surface area contributed by atoms with E-state index in [1.165, 1.54) is 57.2 Å². The van der Waals surface area contributed by atoms with Gasteiger partial charge in [-0.15, -0.1) is 24.0 Å². The molecule has 0 amide bonds. The lowest BCUT2D eigenvalue weighted by atomic mass is 10.1. The Balaban J connectivity index is 0.000000240. The zero-order valence-corrected chi connectivity index (χ0v) is 50.8. The number of anilines is 2. The summed E-state index contributed by atoms with van der Waals surface area (Å²) >= 11 is 0. The molecule has 486 valence electrons. The maximum absolute atomic E-state index is 12.8. The van der Waals surface area contributed by atoms with Crippen molar-refractivity contribution in [1.82, 2.24) is 38.2 Å². The van der Waals surface area contributed by atoms with E-state index >= 15 is 0 Å². The van der Waals surface area contributed by atoms with E-state index in [2.05, 4.69) is 50.7 Å². The number of ether oxygens (including phenoxy) is 1. The minimum absolute atomic E-state index is 0. The molecule has 1 aliphatic heterocycles. The SMILES string of the molecule is CC1=CCC=N1.CNc1cc(-n2cnc(C)c2)cc(C(F)(F)F)c1.Cc1cn(-c2cc(N)cc(C(F)(F)F)c2)cn1.Cc1cn(-c2cc(OC=O)cc(C(F)(F)F)c2)cn1.I.[C-]#[N+]c1cc(-n2cnc(C)c2)cc(C(F)(F)F)c1.[C-]#[N+]c1cc(F)cc(C(F)(F)F)c1. The monoisotopic (exact) mass is 1420 g/mol. The maximum Gasteiger partial charge on any atom is 0.416 e. The van der Waals surface area contributed by atoms with Crippen LogP contribution in [-0.2, 0) is 35.7 Å². The number of hydrogen-bond donors (Lipinski definition) is 2. The first kappa shape index (κ1) is 74.5. The summed E-state index contributed by atoms with van der Waals surface area (Å²) < 4.78 is 211. The molecule has 15 nitrogen and oxygen atoms in total. The molecule has 0 unspecified atom stereocenters. The Bertz CT molecular complexity index is 4100. The van der Waals surface area contributed by atoms with Gasteiger partial charge in [0, 0.05) is 95.8 Å². The van der Waals surface area contributed by atoms with Crippen LogP contribution in [0.25, 0.3) is 32.4 Å². The van der Waals surface area contributed by atoms with Crippen LogP contribution in [0.2, 0.25) is 0 Å². The second kappa shape index (κ2) is 31.6. The largest absolute Gasteiger partial charge is 0.429 e. The lowest BCUT2D eigenvalue weighted by Gasteiger charge is -2.12. The smallest absolute Gasteiger partial charge is 0.416 e. The third-order valence-electron chi connectivity index (χ3n) is 11.8. The van der Waals surface area contributed by atoms with Crippen LogP contribution >= 0.6 is 24.0 Å². The number of aryl methyl sites for hydroxylation is 4. The van der Waals surface area contributed by atoms with Gasteiger partial charge in [-0.3, -0.25) is 9.79 Å². The molecule has 0 radical (unpaired) electrons. The highest BCUT2D eigenvalue weighted by Crippen LogP contribution is 2.38. The third-order valence-corrected chi connectivity index (χ3v) is 11.8. The Kier molecular flexibility index (Phi) is 25.6. The van der Waals surface area contributed by atoms with E-state index in [1.54, 1.807) is 70.2 Å². The first-order chi connectivity index (χ1) is 42.4. The summed E-state index contributed by atoms with van der Waals surface area (Å²) in [6, 6.07) is 15.2. The fourth-order valence-corrected chi connectivity index (χ4v) is 7.53. The van der Waals surface area contributed by atoms with Crippen molar-refractivity contribution in [2.75, 3.05) is 18.1 Å². The fourth-order valence-electron chi connectivity index (χ4n) is 7.53. The Hall–Kier alpha value is -9.99. The van der Waals surface area contributed by atoms with Gasteiger partial charge in [0.25, 0.3) is 6.47 Å². The number of halogens is 17. The minimum Gasteiger partial charge on any atom is -0.429 e. The number of allylic oxidation sites excluding steroid dienone is 2. The van der Waals surface area contributed by atoms with Gasteiger partial charge in [0.1, 0.15) is 11.6 Å². The van der Waals surface area contributed by atoms with Gasteiger partial charge in [-0.2, -0.15) is 65.9 Å². The molecule has 92 heavy (non-hydrogen) atoms. The van der Waals surface area contributed by atoms with Crippen LogP contribution in [0.5, 0.6) is 5.75 Å². The number of benzene rings is 5. The third kappa shape index (κ3) is 22.8. The molecule has 0 saturated carbocycles. The van der Waals surface area contributed by atoms with Gasteiger partial charge in [0.05, 0.1) is 83.6 Å². The van der Waals surface area contributed by atoms with E-state index in [9.17, 15) is 75.0 Å². The highest BCUT2D eigenvalue weighted by molar-refractivity contribution is 14.0. The molecule has 3 N–H and O–H groups in total. The van der Waals surface area contributed by atoms with E-state index in [0.29, 0.717) is 40.6 Å². The summed E-state index contributed by atoms with van der Waals surface area (Å²) in [6.45, 7) is 22.3. The molecular weight excluding hydrogens is 1370 g/mol. The zero-order valence-electron chi connectivity index (χ0n) is 48.5. The number of aromatic nitrogens is 8. The van der Waals surface area contributed by atoms with Crippen molar-refractivity contribution in [3.8, 4) is 28.5 Å². The Morgan fingerprint density at radius 3 is 1.20 bits per heavy atom. The molecule has 0 spiro atoms. The van der Waals surface area contributed by atoms with E-state index in [4.69, 9.17) is 18.9 Å². The van der Waals surface area contributed by atoms with Crippen molar-refractivity contribution in [3.05, 3.63) is 232 Å². The molecule has 0 aliphatic carbocycles. The number of nitrogens with one attached hydrogen (secondary N) is 1. The predicted molar refractivity (Wildman–Crippen MR) is 320 cm³/mol.